The minimum absolute atomic E-state index is 0.671. The topological polar surface area (TPSA) is 146 Å². The Hall–Kier alpha value is -10.7. The van der Waals surface area contributed by atoms with Gasteiger partial charge in [-0.1, -0.05) is 48.0 Å². The van der Waals surface area contributed by atoms with Crippen LogP contribution in [0.5, 0.6) is 0 Å². The highest BCUT2D eigenvalue weighted by atomic mass is 35.5. The lowest BCUT2D eigenvalue weighted by Crippen LogP contribution is -2.17. The Morgan fingerprint density at radius 2 is 0.890 bits per heavy atom. The van der Waals surface area contributed by atoms with Gasteiger partial charge in [0.2, 0.25) is 0 Å². The number of aryl methyl sites for hydroxylation is 3. The minimum atomic E-state index is 0.671. The van der Waals surface area contributed by atoms with Gasteiger partial charge in [-0.05, 0) is 148 Å². The van der Waals surface area contributed by atoms with Crippen LogP contribution in [0.1, 0.15) is 5.56 Å². The van der Waals surface area contributed by atoms with Gasteiger partial charge in [0, 0.05) is 158 Å². The lowest BCUT2D eigenvalue weighted by Gasteiger charge is -2.26. The molecule has 1 N–H and O–H groups in total. The zero-order valence-electron chi connectivity index (χ0n) is 44.9. The number of rotatable bonds is 9. The molecule has 6 aromatic carbocycles. The summed E-state index contributed by atoms with van der Waals surface area (Å²) in [6, 6.07) is 50.0. The summed E-state index contributed by atoms with van der Waals surface area (Å²) >= 11 is 6.23. The van der Waals surface area contributed by atoms with Crippen molar-refractivity contribution in [2.45, 2.75) is 6.54 Å². The third kappa shape index (κ3) is 10.4. The molecular weight excluding hydrogens is 1040 g/mol. The second kappa shape index (κ2) is 22.2. The first-order chi connectivity index (χ1) is 40.3. The van der Waals surface area contributed by atoms with Gasteiger partial charge in [0.15, 0.2) is 0 Å². The summed E-state index contributed by atoms with van der Waals surface area (Å²) in [6.45, 7) is 0.677. The first-order valence-corrected chi connectivity index (χ1v) is 26.9. The van der Waals surface area contributed by atoms with Gasteiger partial charge in [-0.25, -0.2) is 0 Å². The number of aromatic nitrogens is 12. The molecule has 0 aliphatic heterocycles. The van der Waals surface area contributed by atoms with Crippen LogP contribution in [-0.4, -0.2) is 58.6 Å². The highest BCUT2D eigenvalue weighted by Crippen LogP contribution is 2.38. The van der Waals surface area contributed by atoms with Crippen LogP contribution in [0, 0.1) is 0 Å². The van der Waals surface area contributed by atoms with E-state index >= 15 is 0 Å². The number of pyridine rings is 3. The third-order valence-corrected chi connectivity index (χ3v) is 14.8. The van der Waals surface area contributed by atoms with Crippen molar-refractivity contribution in [1.29, 1.82) is 0 Å². The standard InChI is InChI=1S/C28H22N6.C22H17N5.C17H12ClN3/c1-33-14-8-21-4-5-22(15-27(21)33)25-16-24(17-26-28(25)32-13-12-31-26)34(23-3-2-9-30-18-23)19-20-6-10-29-11-7-20;1-27-10-6-15-4-5-16(11-21(15)27)19-12-18(26-17-3-2-7-23-14-17)13-20-22(19)25-9-8-24-20;1-21-7-4-11-2-3-12(8-16(11)21)14-9-13(18)10-15-17(14)20-6-5-19-15/h2-18H,19H2,1H3;2-14,26H,1H3;2-10H,1H3. The molecule has 396 valence electrons. The molecule has 0 aliphatic carbocycles. The third-order valence-electron chi connectivity index (χ3n) is 14.6. The molecule has 0 fully saturated rings. The lowest BCUT2D eigenvalue weighted by atomic mass is 10.0. The maximum absolute atomic E-state index is 6.23. The molecule has 0 radical (unpaired) electrons. The van der Waals surface area contributed by atoms with E-state index in [4.69, 9.17) is 16.6 Å². The molecule has 15 rings (SSSR count). The molecule has 0 bridgehead atoms. The van der Waals surface area contributed by atoms with Crippen molar-refractivity contribution in [1.82, 2.24) is 58.6 Å². The van der Waals surface area contributed by atoms with E-state index in [-0.39, 0.29) is 0 Å². The lowest BCUT2D eigenvalue weighted by molar-refractivity contribution is 0.964. The maximum atomic E-state index is 6.23. The molecule has 82 heavy (non-hydrogen) atoms. The quantitative estimate of drug-likeness (QED) is 0.147. The molecule has 15 aromatic rings. The molecule has 0 spiro atoms. The Labute approximate surface area is 476 Å². The van der Waals surface area contributed by atoms with Gasteiger partial charge in [0.05, 0.1) is 56.9 Å². The van der Waals surface area contributed by atoms with Gasteiger partial charge in [-0.15, -0.1) is 0 Å². The Balaban J connectivity index is 0.000000119. The first-order valence-electron chi connectivity index (χ1n) is 26.6. The van der Waals surface area contributed by atoms with Crippen molar-refractivity contribution in [3.63, 3.8) is 0 Å². The molecule has 0 saturated carbocycles. The van der Waals surface area contributed by atoms with Crippen molar-refractivity contribution in [3.8, 4) is 33.4 Å². The summed E-state index contributed by atoms with van der Waals surface area (Å²) < 4.78 is 6.38. The van der Waals surface area contributed by atoms with Gasteiger partial charge in [-0.3, -0.25) is 44.9 Å². The average molecular weight is 1090 g/mol. The summed E-state index contributed by atoms with van der Waals surface area (Å²) in [4.78, 5) is 42.2. The summed E-state index contributed by atoms with van der Waals surface area (Å²) in [5.74, 6) is 0. The fourth-order valence-electron chi connectivity index (χ4n) is 10.5. The van der Waals surface area contributed by atoms with Crippen molar-refractivity contribution in [2.75, 3.05) is 10.2 Å². The Kier molecular flexibility index (Phi) is 13.8. The highest BCUT2D eigenvalue weighted by Gasteiger charge is 2.18. The van der Waals surface area contributed by atoms with E-state index in [9.17, 15) is 0 Å². The number of anilines is 4. The second-order valence-corrected chi connectivity index (χ2v) is 20.3. The highest BCUT2D eigenvalue weighted by molar-refractivity contribution is 6.31. The SMILES string of the molecule is Cn1ccc2ccc(-c3cc(Cl)cc4nccnc34)cc21.Cn1ccc2ccc(-c3cc(N(Cc4ccncc4)c4cccnc4)cc4nccnc34)cc21.Cn1ccc2ccc(-c3cc(Nc4cccnc4)cc4nccnc34)cc21. The van der Waals surface area contributed by atoms with Gasteiger partial charge in [0.1, 0.15) is 0 Å². The summed E-state index contributed by atoms with van der Waals surface area (Å²) in [7, 11) is 6.17. The molecule has 9 heterocycles. The maximum Gasteiger partial charge on any atom is 0.0966 e. The Morgan fingerprint density at radius 1 is 0.402 bits per heavy atom. The van der Waals surface area contributed by atoms with Gasteiger partial charge in [-0.2, -0.15) is 0 Å². The average Bonchev–Trinajstić information content (AvgIpc) is 4.06. The van der Waals surface area contributed by atoms with Crippen LogP contribution in [0.3, 0.4) is 0 Å². The molecule has 0 amide bonds. The van der Waals surface area contributed by atoms with Crippen molar-refractivity contribution < 1.29 is 0 Å². The zero-order chi connectivity index (χ0) is 55.5. The van der Waals surface area contributed by atoms with Crippen LogP contribution in [0.25, 0.3) is 99.2 Å². The number of nitrogens with one attached hydrogen (secondary N) is 1. The molecule has 0 unspecified atom stereocenters. The van der Waals surface area contributed by atoms with E-state index in [1.165, 1.54) is 32.7 Å². The molecule has 15 heteroatoms. The normalized spacial score (nSPS) is 11.2. The van der Waals surface area contributed by atoms with Crippen LogP contribution in [-0.2, 0) is 27.7 Å². The van der Waals surface area contributed by atoms with Crippen LogP contribution in [0.4, 0.5) is 22.7 Å². The first kappa shape index (κ1) is 50.8. The predicted molar refractivity (Wildman–Crippen MR) is 331 cm³/mol. The van der Waals surface area contributed by atoms with Gasteiger partial charge < -0.3 is 23.9 Å². The number of benzene rings is 6. The van der Waals surface area contributed by atoms with E-state index in [0.29, 0.717) is 11.6 Å². The number of fused-ring (bicyclic) bond motifs is 6. The molecule has 0 aliphatic rings. The van der Waals surface area contributed by atoms with Crippen LogP contribution >= 0.6 is 11.6 Å². The Morgan fingerprint density at radius 3 is 1.41 bits per heavy atom. The van der Waals surface area contributed by atoms with Crippen molar-refractivity contribution in [2.24, 2.45) is 21.1 Å². The van der Waals surface area contributed by atoms with Crippen molar-refractivity contribution >= 4 is 100 Å². The van der Waals surface area contributed by atoms with E-state index in [0.717, 1.165) is 94.8 Å². The number of halogens is 1. The predicted octanol–water partition coefficient (Wildman–Crippen LogP) is 15.3. The molecule has 9 aromatic heterocycles. The zero-order valence-corrected chi connectivity index (χ0v) is 45.7. The van der Waals surface area contributed by atoms with Crippen molar-refractivity contribution in [3.05, 3.63) is 249 Å². The Bertz CT molecular complexity index is 4770. The van der Waals surface area contributed by atoms with E-state index in [2.05, 4.69) is 194 Å². The largest absolute Gasteiger partial charge is 0.354 e. The number of hydrogen-bond donors (Lipinski definition) is 1. The van der Waals surface area contributed by atoms with Gasteiger partial charge in [0.25, 0.3) is 0 Å². The summed E-state index contributed by atoms with van der Waals surface area (Å²) in [5.41, 5.74) is 20.2. The summed E-state index contributed by atoms with van der Waals surface area (Å²) in [6.07, 6.45) is 27.5. The van der Waals surface area contributed by atoms with E-state index in [1.807, 2.05) is 74.2 Å². The van der Waals surface area contributed by atoms with Crippen LogP contribution < -0.4 is 10.2 Å². The fraction of sp³-hybridized carbons (Fsp3) is 0.0597. The van der Waals surface area contributed by atoms with Crippen LogP contribution in [0.15, 0.2) is 239 Å². The minimum Gasteiger partial charge on any atom is -0.354 e. The second-order valence-electron chi connectivity index (χ2n) is 19.9. The smallest absolute Gasteiger partial charge is 0.0966 e. The number of nitrogens with zero attached hydrogens (tertiary/aromatic N) is 13. The molecule has 0 saturated heterocycles. The monoisotopic (exact) mass is 1090 g/mol. The number of hydrogen-bond acceptors (Lipinski definition) is 11. The molecular formula is C67H51ClN14. The fourth-order valence-corrected chi connectivity index (χ4v) is 10.7. The van der Waals surface area contributed by atoms with E-state index in [1.54, 1.807) is 55.8 Å². The van der Waals surface area contributed by atoms with E-state index < -0.39 is 0 Å². The molecule has 0 atom stereocenters. The summed E-state index contributed by atoms with van der Waals surface area (Å²) in [5, 5.41) is 7.75. The van der Waals surface area contributed by atoms with Gasteiger partial charge >= 0.3 is 0 Å². The molecule has 14 nitrogen and oxygen atoms in total. The van der Waals surface area contributed by atoms with Crippen LogP contribution in [0.2, 0.25) is 5.02 Å².